The minimum atomic E-state index is 0.0226. The number of hydrogen-bond donors (Lipinski definition) is 1. The molecule has 0 unspecified atom stereocenters. The molecule has 3 rings (SSSR count). The molecule has 0 bridgehead atoms. The fourth-order valence-electron chi connectivity index (χ4n) is 3.45. The Balaban J connectivity index is 1.50. The molecule has 2 aliphatic rings. The van der Waals surface area contributed by atoms with Gasteiger partial charge in [0.2, 0.25) is 0 Å². The number of carbonyl (C=O) groups excluding carboxylic acids is 1. The van der Waals surface area contributed by atoms with Gasteiger partial charge in [-0.05, 0) is 55.9 Å². The lowest BCUT2D eigenvalue weighted by atomic mass is 9.86. The summed E-state index contributed by atoms with van der Waals surface area (Å²) in [5, 5.41) is 3.18. The average molecular weight is 317 g/mol. The maximum Gasteiger partial charge on any atom is 0.251 e. The molecular formula is C19H27NO3. The predicted octanol–water partition coefficient (Wildman–Crippen LogP) is 3.55. The summed E-state index contributed by atoms with van der Waals surface area (Å²) in [4.78, 5) is 12.4. The number of benzene rings is 1. The van der Waals surface area contributed by atoms with Gasteiger partial charge in [0.15, 0.2) is 0 Å². The monoisotopic (exact) mass is 317 g/mol. The van der Waals surface area contributed by atoms with Crippen LogP contribution in [0.25, 0.3) is 0 Å². The Bertz CT molecular complexity index is 508. The Labute approximate surface area is 138 Å². The first-order valence-electron chi connectivity index (χ1n) is 8.88. The van der Waals surface area contributed by atoms with E-state index >= 15 is 0 Å². The highest BCUT2D eigenvalue weighted by atomic mass is 16.5. The average Bonchev–Trinajstić information content (AvgIpc) is 3.09. The van der Waals surface area contributed by atoms with E-state index in [0.717, 1.165) is 31.6 Å². The first-order valence-corrected chi connectivity index (χ1v) is 8.88. The van der Waals surface area contributed by atoms with Crippen LogP contribution in [0.15, 0.2) is 24.3 Å². The zero-order chi connectivity index (χ0) is 16.1. The number of rotatable bonds is 5. The van der Waals surface area contributed by atoms with Gasteiger partial charge in [-0.15, -0.1) is 0 Å². The molecule has 0 radical (unpaired) electrons. The molecule has 23 heavy (non-hydrogen) atoms. The van der Waals surface area contributed by atoms with Gasteiger partial charge in [-0.25, -0.2) is 0 Å². The van der Waals surface area contributed by atoms with Crippen LogP contribution < -0.4 is 10.1 Å². The van der Waals surface area contributed by atoms with Crippen molar-refractivity contribution in [2.24, 2.45) is 5.92 Å². The number of ether oxygens (including phenoxy) is 2. The maximum absolute atomic E-state index is 12.4. The molecule has 1 heterocycles. The third-order valence-corrected chi connectivity index (χ3v) is 5.00. The van der Waals surface area contributed by atoms with Crippen LogP contribution in [-0.2, 0) is 4.74 Å². The third kappa shape index (κ3) is 4.47. The van der Waals surface area contributed by atoms with Crippen LogP contribution in [0.2, 0.25) is 0 Å². The highest BCUT2D eigenvalue weighted by Gasteiger charge is 2.23. The second kappa shape index (κ2) is 7.82. The van der Waals surface area contributed by atoms with Crippen molar-refractivity contribution in [1.82, 2.24) is 5.32 Å². The SMILES string of the molecule is C[C@@H]1CCCC[C@H]1NC(=O)c1ccc(OC[C@H]2CCCO2)cc1. The number of amides is 1. The fourth-order valence-corrected chi connectivity index (χ4v) is 3.45. The van der Waals surface area contributed by atoms with Gasteiger partial charge in [0.05, 0.1) is 6.10 Å². The summed E-state index contributed by atoms with van der Waals surface area (Å²) in [7, 11) is 0. The van der Waals surface area contributed by atoms with E-state index in [1.165, 1.54) is 19.3 Å². The first-order chi connectivity index (χ1) is 11.2. The minimum Gasteiger partial charge on any atom is -0.491 e. The molecule has 1 aromatic carbocycles. The third-order valence-electron chi connectivity index (χ3n) is 5.00. The van der Waals surface area contributed by atoms with Crippen LogP contribution in [0.5, 0.6) is 5.75 Å². The van der Waals surface area contributed by atoms with E-state index in [4.69, 9.17) is 9.47 Å². The van der Waals surface area contributed by atoms with E-state index in [2.05, 4.69) is 12.2 Å². The maximum atomic E-state index is 12.4. The van der Waals surface area contributed by atoms with Gasteiger partial charge in [0, 0.05) is 18.2 Å². The quantitative estimate of drug-likeness (QED) is 0.903. The van der Waals surface area contributed by atoms with E-state index < -0.39 is 0 Å². The molecular weight excluding hydrogens is 290 g/mol. The molecule has 1 amide bonds. The van der Waals surface area contributed by atoms with Crippen molar-refractivity contribution in [3.63, 3.8) is 0 Å². The topological polar surface area (TPSA) is 47.6 Å². The molecule has 126 valence electrons. The summed E-state index contributed by atoms with van der Waals surface area (Å²) >= 11 is 0. The fraction of sp³-hybridized carbons (Fsp3) is 0.632. The Hall–Kier alpha value is -1.55. The van der Waals surface area contributed by atoms with Crippen LogP contribution in [0.3, 0.4) is 0 Å². The Morgan fingerprint density at radius 2 is 1.96 bits per heavy atom. The van der Waals surface area contributed by atoms with Gasteiger partial charge in [0.1, 0.15) is 12.4 Å². The van der Waals surface area contributed by atoms with Gasteiger partial charge in [-0.3, -0.25) is 4.79 Å². The molecule has 1 aliphatic carbocycles. The molecule has 1 saturated carbocycles. The van der Waals surface area contributed by atoms with Gasteiger partial charge in [-0.2, -0.15) is 0 Å². The summed E-state index contributed by atoms with van der Waals surface area (Å²) in [6, 6.07) is 7.73. The van der Waals surface area contributed by atoms with Gasteiger partial charge in [0.25, 0.3) is 5.91 Å². The second-order valence-corrected chi connectivity index (χ2v) is 6.81. The van der Waals surface area contributed by atoms with E-state index in [-0.39, 0.29) is 12.0 Å². The van der Waals surface area contributed by atoms with Crippen molar-refractivity contribution in [2.75, 3.05) is 13.2 Å². The van der Waals surface area contributed by atoms with Crippen molar-refractivity contribution >= 4 is 5.91 Å². The number of nitrogens with one attached hydrogen (secondary N) is 1. The summed E-state index contributed by atoms with van der Waals surface area (Å²) in [5.74, 6) is 1.39. The summed E-state index contributed by atoms with van der Waals surface area (Å²) in [6.45, 7) is 3.66. The zero-order valence-corrected chi connectivity index (χ0v) is 13.9. The molecule has 0 aromatic heterocycles. The summed E-state index contributed by atoms with van der Waals surface area (Å²) < 4.78 is 11.3. The van der Waals surface area contributed by atoms with Crippen molar-refractivity contribution < 1.29 is 14.3 Å². The van der Waals surface area contributed by atoms with Crippen LogP contribution in [0.4, 0.5) is 0 Å². The molecule has 2 fully saturated rings. The lowest BCUT2D eigenvalue weighted by Gasteiger charge is -2.29. The first kappa shape index (κ1) is 16.3. The normalized spacial score (nSPS) is 27.6. The minimum absolute atomic E-state index is 0.0226. The van der Waals surface area contributed by atoms with Crippen LogP contribution in [0, 0.1) is 5.92 Å². The van der Waals surface area contributed by atoms with E-state index in [1.54, 1.807) is 0 Å². The summed E-state index contributed by atoms with van der Waals surface area (Å²) in [5.41, 5.74) is 0.701. The number of carbonyl (C=O) groups is 1. The lowest BCUT2D eigenvalue weighted by molar-refractivity contribution is 0.0679. The molecule has 3 atom stereocenters. The lowest BCUT2D eigenvalue weighted by Crippen LogP contribution is -2.41. The number of hydrogen-bond acceptors (Lipinski definition) is 3. The van der Waals surface area contributed by atoms with Crippen molar-refractivity contribution in [3.8, 4) is 5.75 Å². The molecule has 1 aliphatic heterocycles. The Kier molecular flexibility index (Phi) is 5.55. The van der Waals surface area contributed by atoms with Gasteiger partial charge >= 0.3 is 0 Å². The van der Waals surface area contributed by atoms with E-state index in [1.807, 2.05) is 24.3 Å². The molecule has 1 saturated heterocycles. The molecule has 1 aromatic rings. The van der Waals surface area contributed by atoms with Crippen LogP contribution in [0.1, 0.15) is 55.8 Å². The van der Waals surface area contributed by atoms with Gasteiger partial charge < -0.3 is 14.8 Å². The van der Waals surface area contributed by atoms with Gasteiger partial charge in [-0.1, -0.05) is 19.8 Å². The Morgan fingerprint density at radius 3 is 2.65 bits per heavy atom. The van der Waals surface area contributed by atoms with Crippen LogP contribution >= 0.6 is 0 Å². The molecule has 1 N–H and O–H groups in total. The molecule has 4 heteroatoms. The molecule has 0 spiro atoms. The molecule has 4 nitrogen and oxygen atoms in total. The standard InChI is InChI=1S/C19H27NO3/c1-14-5-2-3-7-18(14)20-19(21)15-8-10-16(11-9-15)23-13-17-6-4-12-22-17/h8-11,14,17-18H,2-7,12-13H2,1H3,(H,20,21)/t14-,17-,18-/m1/s1. The highest BCUT2D eigenvalue weighted by molar-refractivity contribution is 5.94. The van der Waals surface area contributed by atoms with E-state index in [9.17, 15) is 4.79 Å². The largest absolute Gasteiger partial charge is 0.491 e. The predicted molar refractivity (Wildman–Crippen MR) is 89.8 cm³/mol. The smallest absolute Gasteiger partial charge is 0.251 e. The van der Waals surface area contributed by atoms with Crippen molar-refractivity contribution in [3.05, 3.63) is 29.8 Å². The summed E-state index contributed by atoms with van der Waals surface area (Å²) in [6.07, 6.45) is 7.20. The van der Waals surface area contributed by atoms with Crippen LogP contribution in [-0.4, -0.2) is 31.3 Å². The van der Waals surface area contributed by atoms with Crippen molar-refractivity contribution in [2.45, 2.75) is 57.6 Å². The zero-order valence-electron chi connectivity index (χ0n) is 13.9. The van der Waals surface area contributed by atoms with E-state index in [0.29, 0.717) is 24.1 Å². The highest BCUT2D eigenvalue weighted by Crippen LogP contribution is 2.24. The van der Waals surface area contributed by atoms with Crippen molar-refractivity contribution in [1.29, 1.82) is 0 Å². The second-order valence-electron chi connectivity index (χ2n) is 6.81. The Morgan fingerprint density at radius 1 is 1.17 bits per heavy atom.